The minimum atomic E-state index is -3.26. The molecule has 0 aromatic carbocycles. The number of rotatable bonds is 5. The van der Waals surface area contributed by atoms with Gasteiger partial charge in [-0.1, -0.05) is 6.92 Å². The predicted molar refractivity (Wildman–Crippen MR) is 68.1 cm³/mol. The molecule has 0 aromatic heterocycles. The van der Waals surface area contributed by atoms with Gasteiger partial charge in [0, 0.05) is 12.6 Å². The van der Waals surface area contributed by atoms with Crippen LogP contribution in [0.15, 0.2) is 11.9 Å². The Labute approximate surface area is 103 Å². The van der Waals surface area contributed by atoms with E-state index in [1.54, 1.807) is 0 Å². The van der Waals surface area contributed by atoms with Crippen LogP contribution < -0.4 is 0 Å². The maximum absolute atomic E-state index is 9.89. The van der Waals surface area contributed by atoms with Crippen LogP contribution >= 0.6 is 7.34 Å². The Balaban J connectivity index is 2.61. The van der Waals surface area contributed by atoms with E-state index < -0.39 is 31.7 Å². The fourth-order valence-corrected chi connectivity index (χ4v) is 2.00. The molecule has 17 heavy (non-hydrogen) atoms. The SMILES string of the molecule is [B][C@@H]1O[C@H](/C=C/P(=C)(O)O)C(O)[C@@H]1OCCC. The molecular weight excluding hydrogens is 242 g/mol. The van der Waals surface area contributed by atoms with E-state index in [4.69, 9.17) is 27.1 Å². The van der Waals surface area contributed by atoms with Crippen molar-refractivity contribution in [1.29, 1.82) is 0 Å². The van der Waals surface area contributed by atoms with Gasteiger partial charge < -0.3 is 24.4 Å². The first-order valence-electron chi connectivity index (χ1n) is 5.44. The van der Waals surface area contributed by atoms with Gasteiger partial charge in [0.1, 0.15) is 33.5 Å². The van der Waals surface area contributed by atoms with Crippen molar-refractivity contribution in [3.8, 4) is 0 Å². The zero-order chi connectivity index (χ0) is 13.1. The fraction of sp³-hybridized carbons (Fsp3) is 0.700. The van der Waals surface area contributed by atoms with E-state index in [9.17, 15) is 5.11 Å². The average Bonchev–Trinajstić information content (AvgIpc) is 2.48. The van der Waals surface area contributed by atoms with Gasteiger partial charge in [-0.15, -0.1) is 0 Å². The summed E-state index contributed by atoms with van der Waals surface area (Å²) < 4.78 is 10.6. The summed E-state index contributed by atoms with van der Waals surface area (Å²) in [5.74, 6) is 1.13. The molecule has 0 aromatic rings. The van der Waals surface area contributed by atoms with Crippen LogP contribution in [-0.4, -0.2) is 60.0 Å². The number of hydrogen-bond donors (Lipinski definition) is 3. The van der Waals surface area contributed by atoms with E-state index in [1.165, 1.54) is 6.08 Å². The molecule has 96 valence electrons. The van der Waals surface area contributed by atoms with Gasteiger partial charge in [0.05, 0.1) is 0 Å². The van der Waals surface area contributed by atoms with E-state index in [-0.39, 0.29) is 0 Å². The normalized spacial score (nSPS) is 34.6. The molecule has 1 rings (SSSR count). The van der Waals surface area contributed by atoms with Crippen LogP contribution in [0.25, 0.3) is 0 Å². The Bertz CT molecular complexity index is 316. The lowest BCUT2D eigenvalue weighted by Crippen LogP contribution is -2.35. The molecule has 2 radical (unpaired) electrons. The van der Waals surface area contributed by atoms with Gasteiger partial charge in [0.15, 0.2) is 0 Å². The van der Waals surface area contributed by atoms with Crippen molar-refractivity contribution in [3.05, 3.63) is 11.9 Å². The summed E-state index contributed by atoms with van der Waals surface area (Å²) >= 11 is 0. The Morgan fingerprint density at radius 3 is 2.71 bits per heavy atom. The van der Waals surface area contributed by atoms with Crippen molar-refractivity contribution in [2.45, 2.75) is 37.7 Å². The molecular formula is C10H18BO5P. The van der Waals surface area contributed by atoms with E-state index in [1.807, 2.05) is 6.92 Å². The molecule has 1 heterocycles. The van der Waals surface area contributed by atoms with Crippen LogP contribution in [0.2, 0.25) is 0 Å². The van der Waals surface area contributed by atoms with Crippen molar-refractivity contribution in [3.63, 3.8) is 0 Å². The van der Waals surface area contributed by atoms with Gasteiger partial charge in [-0.2, -0.15) is 0 Å². The van der Waals surface area contributed by atoms with Crippen LogP contribution in [0.4, 0.5) is 0 Å². The molecule has 0 aliphatic carbocycles. The second kappa shape index (κ2) is 6.18. The van der Waals surface area contributed by atoms with E-state index in [2.05, 4.69) is 6.30 Å². The van der Waals surface area contributed by atoms with Crippen LogP contribution in [-0.2, 0) is 9.47 Å². The first-order chi connectivity index (χ1) is 7.85. The minimum absolute atomic E-state index is 0.488. The van der Waals surface area contributed by atoms with Gasteiger partial charge in [0.25, 0.3) is 0 Å². The molecule has 1 fully saturated rings. The van der Waals surface area contributed by atoms with Crippen molar-refractivity contribution in [2.75, 3.05) is 6.61 Å². The summed E-state index contributed by atoms with van der Waals surface area (Å²) in [6.45, 7) is 2.44. The quantitative estimate of drug-likeness (QED) is 0.472. The van der Waals surface area contributed by atoms with Gasteiger partial charge in [-0.25, -0.2) is 0 Å². The van der Waals surface area contributed by atoms with Crippen LogP contribution in [0, 0.1) is 0 Å². The Kier molecular flexibility index (Phi) is 5.44. The maximum Gasteiger partial charge on any atom is 0.134 e. The van der Waals surface area contributed by atoms with Gasteiger partial charge in [-0.05, 0) is 24.6 Å². The molecule has 1 aliphatic rings. The van der Waals surface area contributed by atoms with Crippen molar-refractivity contribution in [1.82, 2.24) is 0 Å². The van der Waals surface area contributed by atoms with Crippen LogP contribution in [0.5, 0.6) is 0 Å². The Morgan fingerprint density at radius 1 is 1.53 bits per heavy atom. The van der Waals surface area contributed by atoms with Crippen LogP contribution in [0.3, 0.4) is 0 Å². The Hall–Kier alpha value is -0.0951. The third-order valence-electron chi connectivity index (χ3n) is 2.34. The van der Waals surface area contributed by atoms with Crippen molar-refractivity contribution < 1.29 is 24.4 Å². The van der Waals surface area contributed by atoms with Crippen molar-refractivity contribution in [2.24, 2.45) is 0 Å². The first-order valence-corrected chi connectivity index (χ1v) is 7.38. The summed E-state index contributed by atoms with van der Waals surface area (Å²) in [6.07, 6.45) is 3.14. The Morgan fingerprint density at radius 2 is 2.18 bits per heavy atom. The lowest BCUT2D eigenvalue weighted by molar-refractivity contribution is -0.0190. The lowest BCUT2D eigenvalue weighted by Gasteiger charge is -2.18. The molecule has 0 amide bonds. The smallest absolute Gasteiger partial charge is 0.134 e. The maximum atomic E-state index is 9.89. The molecule has 7 heteroatoms. The minimum Gasteiger partial charge on any atom is -0.387 e. The number of ether oxygens (including phenoxy) is 2. The molecule has 0 bridgehead atoms. The summed E-state index contributed by atoms with van der Waals surface area (Å²) in [7, 11) is 2.41. The van der Waals surface area contributed by atoms with Gasteiger partial charge >= 0.3 is 0 Å². The van der Waals surface area contributed by atoms with E-state index >= 15 is 0 Å². The molecule has 1 unspecified atom stereocenters. The first kappa shape index (κ1) is 15.0. The van der Waals surface area contributed by atoms with E-state index in [0.29, 0.717) is 6.61 Å². The number of aliphatic hydroxyl groups excluding tert-OH is 1. The molecule has 3 N–H and O–H groups in total. The second-order valence-electron chi connectivity index (χ2n) is 4.02. The molecule has 5 nitrogen and oxygen atoms in total. The average molecular weight is 260 g/mol. The molecule has 1 aliphatic heterocycles. The van der Waals surface area contributed by atoms with Crippen molar-refractivity contribution >= 4 is 21.5 Å². The van der Waals surface area contributed by atoms with Gasteiger partial charge in [-0.3, -0.25) is 0 Å². The second-order valence-corrected chi connectivity index (χ2v) is 5.89. The third kappa shape index (κ3) is 4.58. The summed E-state index contributed by atoms with van der Waals surface area (Å²) in [4.78, 5) is 18.2. The highest BCUT2D eigenvalue weighted by atomic mass is 31.2. The summed E-state index contributed by atoms with van der Waals surface area (Å²) in [5, 5.41) is 9.89. The molecule has 4 atom stereocenters. The summed E-state index contributed by atoms with van der Waals surface area (Å²) in [6, 6.07) is -0.721. The highest BCUT2D eigenvalue weighted by Crippen LogP contribution is 2.36. The zero-order valence-corrected chi connectivity index (χ0v) is 10.7. The lowest BCUT2D eigenvalue weighted by atomic mass is 9.93. The fourth-order valence-electron chi connectivity index (χ4n) is 1.55. The molecule has 0 spiro atoms. The predicted octanol–water partition coefficient (Wildman–Crippen LogP) is -0.186. The number of aliphatic hydroxyl groups is 1. The topological polar surface area (TPSA) is 79.2 Å². The highest BCUT2D eigenvalue weighted by Gasteiger charge is 2.40. The van der Waals surface area contributed by atoms with Gasteiger partial charge in [0.2, 0.25) is 0 Å². The summed E-state index contributed by atoms with van der Waals surface area (Å²) in [5.41, 5.74) is 0. The third-order valence-corrected chi connectivity index (χ3v) is 2.99. The monoisotopic (exact) mass is 260 g/mol. The molecule has 1 saturated heterocycles. The standard InChI is InChI=1S/C10H18BO5P/c1-3-5-15-9-8(12)7(16-10(9)11)4-6-17(2,13)14/h4,6-10,12-14H,2-3,5H2,1H3/b6-4+/t7-,8?,9+,10-/m1/s1. The molecule has 0 saturated carbocycles. The highest BCUT2D eigenvalue weighted by molar-refractivity contribution is 7.65. The van der Waals surface area contributed by atoms with Crippen LogP contribution in [0.1, 0.15) is 13.3 Å². The largest absolute Gasteiger partial charge is 0.387 e. The van der Waals surface area contributed by atoms with E-state index in [0.717, 1.165) is 12.2 Å². The number of hydrogen-bond acceptors (Lipinski definition) is 5. The zero-order valence-electron chi connectivity index (χ0n) is 9.77.